The number of Topliss-reactive ketones (excluding diaryl/α,β-unsaturated/α-hetero) is 1. The average Bonchev–Trinajstić information content (AvgIpc) is 2.37. The molecule has 108 valence electrons. The van der Waals surface area contributed by atoms with Gasteiger partial charge in [-0.3, -0.25) is 14.4 Å². The number of carbonyl (C=O) groups is 3. The second kappa shape index (κ2) is 8.26. The van der Waals surface area contributed by atoms with E-state index in [2.05, 4.69) is 20.3 Å². The number of hydrogen-bond donors (Lipinski definition) is 1. The van der Waals surface area contributed by atoms with Gasteiger partial charge in [0.1, 0.15) is 11.4 Å². The number of esters is 1. The van der Waals surface area contributed by atoms with Gasteiger partial charge < -0.3 is 10.1 Å². The van der Waals surface area contributed by atoms with Crippen molar-refractivity contribution in [1.29, 1.82) is 0 Å². The fourth-order valence-electron chi connectivity index (χ4n) is 1.22. The lowest BCUT2D eigenvalue weighted by molar-refractivity contribution is -0.145. The van der Waals surface area contributed by atoms with Crippen molar-refractivity contribution in [1.82, 2.24) is 10.2 Å². The molecule has 1 aromatic rings. The van der Waals surface area contributed by atoms with Gasteiger partial charge in [-0.05, 0) is 19.1 Å². The number of amides is 1. The molecular formula is C12H15N3O4S. The minimum absolute atomic E-state index is 0.118. The molecule has 1 heterocycles. The van der Waals surface area contributed by atoms with E-state index in [0.29, 0.717) is 10.8 Å². The van der Waals surface area contributed by atoms with Crippen LogP contribution in [0.15, 0.2) is 17.2 Å². The summed E-state index contributed by atoms with van der Waals surface area (Å²) in [7, 11) is 0. The predicted octanol–water partition coefficient (Wildman–Crippen LogP) is 1.05. The first-order chi connectivity index (χ1) is 9.51. The fourth-order valence-corrected chi connectivity index (χ4v) is 1.90. The van der Waals surface area contributed by atoms with Crippen molar-refractivity contribution in [3.63, 3.8) is 0 Å². The summed E-state index contributed by atoms with van der Waals surface area (Å²) in [6.45, 7) is 3.32. The van der Waals surface area contributed by atoms with Crippen LogP contribution in [0.4, 0.5) is 5.82 Å². The van der Waals surface area contributed by atoms with Crippen LogP contribution in [-0.4, -0.2) is 40.2 Å². The summed E-state index contributed by atoms with van der Waals surface area (Å²) in [5.74, 6) is -0.525. The molecule has 0 aliphatic carbocycles. The molecule has 1 N–H and O–H groups in total. The number of ether oxygens (including phenoxy) is 1. The summed E-state index contributed by atoms with van der Waals surface area (Å²) >= 11 is 1.17. The first kappa shape index (κ1) is 16.1. The highest BCUT2D eigenvalue weighted by atomic mass is 32.2. The number of rotatable bonds is 7. The average molecular weight is 297 g/mol. The summed E-state index contributed by atoms with van der Waals surface area (Å²) in [4.78, 5) is 33.4. The molecular weight excluding hydrogens is 282 g/mol. The van der Waals surface area contributed by atoms with Crippen molar-refractivity contribution >= 4 is 35.2 Å². The van der Waals surface area contributed by atoms with Gasteiger partial charge in [0, 0.05) is 6.92 Å². The number of hydrogen-bond acceptors (Lipinski definition) is 7. The Bertz CT molecular complexity index is 490. The number of ketones is 1. The van der Waals surface area contributed by atoms with Crippen LogP contribution in [0.2, 0.25) is 0 Å². The highest BCUT2D eigenvalue weighted by Crippen LogP contribution is 2.16. The Morgan fingerprint density at radius 3 is 2.60 bits per heavy atom. The standard InChI is InChI=1S/C12H15N3O4S/c1-3-19-12(18)6-9(17)7-20-11-5-4-10(14-15-11)13-8(2)16/h4-5H,3,6-7H2,1-2H3,(H,13,14,16). The topological polar surface area (TPSA) is 98.2 Å². The van der Waals surface area contributed by atoms with Crippen LogP contribution in [0, 0.1) is 0 Å². The third-order valence-electron chi connectivity index (χ3n) is 1.97. The van der Waals surface area contributed by atoms with Gasteiger partial charge in [-0.25, -0.2) is 0 Å². The van der Waals surface area contributed by atoms with E-state index in [-0.39, 0.29) is 30.5 Å². The van der Waals surface area contributed by atoms with Gasteiger partial charge in [-0.15, -0.1) is 10.2 Å². The lowest BCUT2D eigenvalue weighted by Gasteiger charge is -2.02. The molecule has 0 unspecified atom stereocenters. The minimum Gasteiger partial charge on any atom is -0.466 e. The van der Waals surface area contributed by atoms with Crippen molar-refractivity contribution in [3.05, 3.63) is 12.1 Å². The van der Waals surface area contributed by atoms with Gasteiger partial charge in [0.2, 0.25) is 5.91 Å². The van der Waals surface area contributed by atoms with E-state index >= 15 is 0 Å². The molecule has 1 rings (SSSR count). The van der Waals surface area contributed by atoms with E-state index < -0.39 is 5.97 Å². The Morgan fingerprint density at radius 2 is 2.05 bits per heavy atom. The smallest absolute Gasteiger partial charge is 0.313 e. The van der Waals surface area contributed by atoms with E-state index in [1.54, 1.807) is 19.1 Å². The largest absolute Gasteiger partial charge is 0.466 e. The van der Waals surface area contributed by atoms with E-state index in [9.17, 15) is 14.4 Å². The summed E-state index contributed by atoms with van der Waals surface area (Å²) in [5, 5.41) is 10.7. The molecule has 0 saturated carbocycles. The summed E-state index contributed by atoms with van der Waals surface area (Å²) in [6.07, 6.45) is -0.238. The molecule has 20 heavy (non-hydrogen) atoms. The lowest BCUT2D eigenvalue weighted by atomic mass is 10.3. The Morgan fingerprint density at radius 1 is 1.30 bits per heavy atom. The maximum Gasteiger partial charge on any atom is 0.313 e. The Balaban J connectivity index is 2.39. The number of carbonyl (C=O) groups excluding carboxylic acids is 3. The molecule has 0 radical (unpaired) electrons. The Kier molecular flexibility index (Phi) is 6.65. The zero-order valence-corrected chi connectivity index (χ0v) is 12.0. The van der Waals surface area contributed by atoms with Crippen LogP contribution >= 0.6 is 11.8 Å². The van der Waals surface area contributed by atoms with E-state index in [1.165, 1.54) is 18.7 Å². The molecule has 7 nitrogen and oxygen atoms in total. The van der Waals surface area contributed by atoms with Crippen molar-refractivity contribution in [2.24, 2.45) is 0 Å². The van der Waals surface area contributed by atoms with Gasteiger partial charge in [0.25, 0.3) is 0 Å². The molecule has 0 fully saturated rings. The first-order valence-corrected chi connectivity index (χ1v) is 6.91. The molecule has 0 saturated heterocycles. The summed E-state index contributed by atoms with van der Waals surface area (Å²) < 4.78 is 4.68. The molecule has 1 amide bonds. The molecule has 0 atom stereocenters. The maximum atomic E-state index is 11.5. The Labute approximate surface area is 120 Å². The molecule has 8 heteroatoms. The van der Waals surface area contributed by atoms with Gasteiger partial charge in [-0.2, -0.15) is 0 Å². The van der Waals surface area contributed by atoms with Gasteiger partial charge in [-0.1, -0.05) is 11.8 Å². The van der Waals surface area contributed by atoms with Gasteiger partial charge >= 0.3 is 5.97 Å². The van der Waals surface area contributed by atoms with Crippen LogP contribution in [0.25, 0.3) is 0 Å². The van der Waals surface area contributed by atoms with Crippen LogP contribution in [0.5, 0.6) is 0 Å². The monoisotopic (exact) mass is 297 g/mol. The van der Waals surface area contributed by atoms with Crippen LogP contribution in [-0.2, 0) is 19.1 Å². The summed E-state index contributed by atoms with van der Waals surface area (Å²) in [6, 6.07) is 3.23. The van der Waals surface area contributed by atoms with E-state index in [0.717, 1.165) is 0 Å². The molecule has 0 aliphatic heterocycles. The van der Waals surface area contributed by atoms with Crippen LogP contribution in [0.3, 0.4) is 0 Å². The van der Waals surface area contributed by atoms with Gasteiger partial charge in [0.15, 0.2) is 11.6 Å². The minimum atomic E-state index is -0.523. The number of nitrogens with zero attached hydrogens (tertiary/aromatic N) is 2. The zero-order valence-electron chi connectivity index (χ0n) is 11.2. The maximum absolute atomic E-state index is 11.5. The SMILES string of the molecule is CCOC(=O)CC(=O)CSc1ccc(NC(C)=O)nn1. The van der Waals surface area contributed by atoms with Crippen molar-refractivity contribution in [2.75, 3.05) is 17.7 Å². The fraction of sp³-hybridized carbons (Fsp3) is 0.417. The molecule has 0 bridgehead atoms. The Hall–Kier alpha value is -1.96. The second-order valence-electron chi connectivity index (χ2n) is 3.75. The molecule has 0 aromatic carbocycles. The second-order valence-corrected chi connectivity index (χ2v) is 4.74. The number of nitrogens with one attached hydrogen (secondary N) is 1. The third-order valence-corrected chi connectivity index (χ3v) is 2.95. The number of thioether (sulfide) groups is 1. The van der Waals surface area contributed by atoms with Crippen molar-refractivity contribution in [3.8, 4) is 0 Å². The van der Waals surface area contributed by atoms with Crippen molar-refractivity contribution in [2.45, 2.75) is 25.3 Å². The predicted molar refractivity (Wildman–Crippen MR) is 73.3 cm³/mol. The first-order valence-electron chi connectivity index (χ1n) is 5.92. The van der Waals surface area contributed by atoms with E-state index in [4.69, 9.17) is 0 Å². The quantitative estimate of drug-likeness (QED) is 0.456. The van der Waals surface area contributed by atoms with Crippen LogP contribution < -0.4 is 5.32 Å². The normalized spacial score (nSPS) is 9.90. The highest BCUT2D eigenvalue weighted by molar-refractivity contribution is 7.99. The number of aromatic nitrogens is 2. The third kappa shape index (κ3) is 6.28. The van der Waals surface area contributed by atoms with Gasteiger partial charge in [0.05, 0.1) is 12.4 Å². The molecule has 1 aromatic heterocycles. The number of anilines is 1. The lowest BCUT2D eigenvalue weighted by Crippen LogP contribution is -2.13. The molecule has 0 aliphatic rings. The highest BCUT2D eigenvalue weighted by Gasteiger charge is 2.11. The summed E-state index contributed by atoms with van der Waals surface area (Å²) in [5.41, 5.74) is 0. The van der Waals surface area contributed by atoms with Crippen LogP contribution in [0.1, 0.15) is 20.3 Å². The molecule has 0 spiro atoms. The zero-order chi connectivity index (χ0) is 15.0. The van der Waals surface area contributed by atoms with E-state index in [1.807, 2.05) is 0 Å². The van der Waals surface area contributed by atoms with Crippen molar-refractivity contribution < 1.29 is 19.1 Å².